The largest absolute Gasteiger partial charge is 0.478 e. The van der Waals surface area contributed by atoms with Gasteiger partial charge in [-0.25, -0.2) is 4.79 Å². The van der Waals surface area contributed by atoms with Crippen molar-refractivity contribution in [2.75, 3.05) is 0 Å². The molecule has 0 spiro atoms. The first kappa shape index (κ1) is 9.00. The molecular weight excluding hydrogens is 172 g/mol. The predicted molar refractivity (Wildman–Crippen MR) is 50.2 cm³/mol. The summed E-state index contributed by atoms with van der Waals surface area (Å²) in [5, 5.41) is 10.7. The van der Waals surface area contributed by atoms with Gasteiger partial charge in [0, 0.05) is 4.88 Å². The van der Waals surface area contributed by atoms with Crippen LogP contribution in [0, 0.1) is 0 Å². The summed E-state index contributed by atoms with van der Waals surface area (Å²) in [6.07, 6.45) is 2.48. The van der Waals surface area contributed by atoms with Crippen LogP contribution in [0.2, 0.25) is 0 Å². The maximum absolute atomic E-state index is 10.7. The molecule has 1 heterocycles. The summed E-state index contributed by atoms with van der Waals surface area (Å²) in [7, 11) is 0. The molecule has 3 heteroatoms. The summed E-state index contributed by atoms with van der Waals surface area (Å²) in [6.45, 7) is 1.93. The maximum atomic E-state index is 10.7. The Balaban J connectivity index is 2.96. The Morgan fingerprint density at radius 1 is 1.75 bits per heavy atom. The normalized spacial score (nSPS) is 11.6. The lowest BCUT2D eigenvalue weighted by Crippen LogP contribution is -1.97. The molecule has 0 unspecified atom stereocenters. The summed E-state index contributed by atoms with van der Waals surface area (Å²) in [4.78, 5) is 11.5. The van der Waals surface area contributed by atoms with E-state index in [1.807, 2.05) is 24.4 Å². The third-order valence-electron chi connectivity index (χ3n) is 1.43. The Kier molecular flexibility index (Phi) is 3.05. The number of carboxylic acids is 1. The highest BCUT2D eigenvalue weighted by Gasteiger charge is 2.09. The molecule has 0 saturated carbocycles. The zero-order valence-corrected chi connectivity index (χ0v) is 7.60. The SMILES string of the molecule is CCC=C(C(=O)O)c1cccs1. The van der Waals surface area contributed by atoms with E-state index in [2.05, 4.69) is 0 Å². The summed E-state index contributed by atoms with van der Waals surface area (Å²) in [5.74, 6) is -0.848. The Morgan fingerprint density at radius 2 is 2.50 bits per heavy atom. The average Bonchev–Trinajstić information content (AvgIpc) is 2.51. The maximum Gasteiger partial charge on any atom is 0.336 e. The molecule has 0 aliphatic heterocycles. The summed E-state index contributed by atoms with van der Waals surface area (Å²) >= 11 is 1.45. The summed E-state index contributed by atoms with van der Waals surface area (Å²) < 4.78 is 0. The van der Waals surface area contributed by atoms with Gasteiger partial charge < -0.3 is 5.11 Å². The van der Waals surface area contributed by atoms with Crippen molar-refractivity contribution >= 4 is 22.9 Å². The van der Waals surface area contributed by atoms with Crippen LogP contribution in [0.25, 0.3) is 5.57 Å². The van der Waals surface area contributed by atoms with E-state index in [-0.39, 0.29) is 0 Å². The van der Waals surface area contributed by atoms with E-state index < -0.39 is 5.97 Å². The lowest BCUT2D eigenvalue weighted by Gasteiger charge is -1.96. The van der Waals surface area contributed by atoms with E-state index in [1.165, 1.54) is 11.3 Å². The second-order valence-electron chi connectivity index (χ2n) is 2.31. The number of allylic oxidation sites excluding steroid dienone is 1. The molecule has 1 N–H and O–H groups in total. The van der Waals surface area contributed by atoms with Crippen molar-refractivity contribution < 1.29 is 9.90 Å². The van der Waals surface area contributed by atoms with Crippen LogP contribution < -0.4 is 0 Å². The molecule has 0 aliphatic carbocycles. The zero-order valence-electron chi connectivity index (χ0n) is 6.78. The fraction of sp³-hybridized carbons (Fsp3) is 0.222. The van der Waals surface area contributed by atoms with Crippen molar-refractivity contribution in [2.24, 2.45) is 0 Å². The van der Waals surface area contributed by atoms with Crippen LogP contribution in [0.15, 0.2) is 23.6 Å². The van der Waals surface area contributed by atoms with E-state index in [0.717, 1.165) is 11.3 Å². The van der Waals surface area contributed by atoms with E-state index in [1.54, 1.807) is 6.08 Å². The number of carbonyl (C=O) groups is 1. The standard InChI is InChI=1S/C9H10O2S/c1-2-4-7(9(10)11)8-5-3-6-12-8/h3-6H,2H2,1H3,(H,10,11). The van der Waals surface area contributed by atoms with Crippen molar-refractivity contribution in [1.82, 2.24) is 0 Å². The molecule has 1 rings (SSSR count). The minimum absolute atomic E-state index is 0.410. The summed E-state index contributed by atoms with van der Waals surface area (Å²) in [6, 6.07) is 3.67. The van der Waals surface area contributed by atoms with Crippen LogP contribution in [0.3, 0.4) is 0 Å². The third kappa shape index (κ3) is 1.95. The summed E-state index contributed by atoms with van der Waals surface area (Å²) in [5.41, 5.74) is 0.410. The van der Waals surface area contributed by atoms with Gasteiger partial charge in [-0.15, -0.1) is 11.3 Å². The van der Waals surface area contributed by atoms with E-state index >= 15 is 0 Å². The Labute approximate surface area is 75.2 Å². The molecule has 2 nitrogen and oxygen atoms in total. The van der Waals surface area contributed by atoms with Crippen molar-refractivity contribution in [3.05, 3.63) is 28.5 Å². The van der Waals surface area contributed by atoms with Gasteiger partial charge in [-0.3, -0.25) is 0 Å². The lowest BCUT2D eigenvalue weighted by molar-refractivity contribution is -0.130. The van der Waals surface area contributed by atoms with Gasteiger partial charge in [0.15, 0.2) is 0 Å². The van der Waals surface area contributed by atoms with E-state index in [0.29, 0.717) is 5.57 Å². The topological polar surface area (TPSA) is 37.3 Å². The number of carboxylic acid groups (broad SMARTS) is 1. The molecule has 0 aromatic carbocycles. The first-order chi connectivity index (χ1) is 5.75. The van der Waals surface area contributed by atoms with Crippen LogP contribution in [0.4, 0.5) is 0 Å². The van der Waals surface area contributed by atoms with Gasteiger partial charge in [-0.05, 0) is 17.9 Å². The lowest BCUT2D eigenvalue weighted by atomic mass is 10.2. The fourth-order valence-corrected chi connectivity index (χ4v) is 1.69. The molecular formula is C9H10O2S. The van der Waals surface area contributed by atoms with E-state index in [4.69, 9.17) is 5.11 Å². The number of thiophene rings is 1. The third-order valence-corrected chi connectivity index (χ3v) is 2.33. The number of hydrogen-bond acceptors (Lipinski definition) is 2. The molecule has 0 saturated heterocycles. The van der Waals surface area contributed by atoms with Gasteiger partial charge in [0.25, 0.3) is 0 Å². The van der Waals surface area contributed by atoms with Crippen LogP contribution >= 0.6 is 11.3 Å². The van der Waals surface area contributed by atoms with Gasteiger partial charge in [-0.1, -0.05) is 19.1 Å². The Bertz CT molecular complexity index is 285. The second-order valence-corrected chi connectivity index (χ2v) is 3.26. The van der Waals surface area contributed by atoms with Crippen LogP contribution in [0.5, 0.6) is 0 Å². The smallest absolute Gasteiger partial charge is 0.336 e. The average molecular weight is 182 g/mol. The molecule has 1 aromatic rings. The van der Waals surface area contributed by atoms with Gasteiger partial charge in [0.05, 0.1) is 5.57 Å². The van der Waals surface area contributed by atoms with Crippen LogP contribution in [0.1, 0.15) is 18.2 Å². The molecule has 1 aromatic heterocycles. The first-order valence-electron chi connectivity index (χ1n) is 3.73. The highest BCUT2D eigenvalue weighted by atomic mass is 32.1. The quantitative estimate of drug-likeness (QED) is 0.729. The molecule has 0 radical (unpaired) electrons. The van der Waals surface area contributed by atoms with E-state index in [9.17, 15) is 4.79 Å². The first-order valence-corrected chi connectivity index (χ1v) is 4.61. The highest BCUT2D eigenvalue weighted by Crippen LogP contribution is 2.20. The Hall–Kier alpha value is -1.09. The molecule has 0 atom stereocenters. The molecule has 0 bridgehead atoms. The zero-order chi connectivity index (χ0) is 8.97. The second kappa shape index (κ2) is 4.07. The molecule has 64 valence electrons. The fourth-order valence-electron chi connectivity index (χ4n) is 0.929. The van der Waals surface area contributed by atoms with Gasteiger partial charge in [0.1, 0.15) is 0 Å². The van der Waals surface area contributed by atoms with Crippen LogP contribution in [-0.2, 0) is 4.79 Å². The van der Waals surface area contributed by atoms with Crippen molar-refractivity contribution in [2.45, 2.75) is 13.3 Å². The number of aliphatic carboxylic acids is 1. The molecule has 0 amide bonds. The molecule has 0 fully saturated rings. The van der Waals surface area contributed by atoms with Gasteiger partial charge >= 0.3 is 5.97 Å². The molecule has 12 heavy (non-hydrogen) atoms. The predicted octanol–water partition coefficient (Wildman–Crippen LogP) is 2.63. The Morgan fingerprint density at radius 3 is 2.92 bits per heavy atom. The number of rotatable bonds is 3. The van der Waals surface area contributed by atoms with Crippen LogP contribution in [-0.4, -0.2) is 11.1 Å². The minimum atomic E-state index is -0.848. The van der Waals surface area contributed by atoms with Gasteiger partial charge in [-0.2, -0.15) is 0 Å². The van der Waals surface area contributed by atoms with Crippen molar-refractivity contribution in [3.63, 3.8) is 0 Å². The van der Waals surface area contributed by atoms with Gasteiger partial charge in [0.2, 0.25) is 0 Å². The minimum Gasteiger partial charge on any atom is -0.478 e. The van der Waals surface area contributed by atoms with Crippen molar-refractivity contribution in [1.29, 1.82) is 0 Å². The monoisotopic (exact) mass is 182 g/mol. The number of hydrogen-bond donors (Lipinski definition) is 1. The van der Waals surface area contributed by atoms with Crippen molar-refractivity contribution in [3.8, 4) is 0 Å². The molecule has 0 aliphatic rings. The highest BCUT2D eigenvalue weighted by molar-refractivity contribution is 7.11.